The molecule has 0 aromatic heterocycles. The van der Waals surface area contributed by atoms with Crippen LogP contribution in [0, 0.1) is 6.92 Å². The highest BCUT2D eigenvalue weighted by Gasteiger charge is 2.07. The van der Waals surface area contributed by atoms with Gasteiger partial charge >= 0.3 is 0 Å². The van der Waals surface area contributed by atoms with Crippen LogP contribution >= 0.6 is 27.5 Å². The van der Waals surface area contributed by atoms with E-state index < -0.39 is 0 Å². The predicted molar refractivity (Wildman–Crippen MR) is 91.0 cm³/mol. The van der Waals surface area contributed by atoms with Gasteiger partial charge in [-0.05, 0) is 42.3 Å². The van der Waals surface area contributed by atoms with Crippen molar-refractivity contribution in [1.82, 2.24) is 5.32 Å². The minimum absolute atomic E-state index is 0.0919. The summed E-state index contributed by atoms with van der Waals surface area (Å²) in [5.74, 6) is -0.0919. The zero-order valence-corrected chi connectivity index (χ0v) is 14.2. The van der Waals surface area contributed by atoms with Gasteiger partial charge in [-0.3, -0.25) is 4.79 Å². The van der Waals surface area contributed by atoms with Gasteiger partial charge in [0.1, 0.15) is 0 Å². The number of amides is 1. The minimum atomic E-state index is -0.0919. The Morgan fingerprint density at radius 3 is 2.67 bits per heavy atom. The molecule has 0 fully saturated rings. The van der Waals surface area contributed by atoms with Crippen LogP contribution in [0.5, 0.6) is 0 Å². The number of anilines is 1. The van der Waals surface area contributed by atoms with Crippen molar-refractivity contribution < 1.29 is 4.79 Å². The molecular formula is C16H16BrClN2O. The lowest BCUT2D eigenvalue weighted by Gasteiger charge is -2.12. The van der Waals surface area contributed by atoms with Crippen molar-refractivity contribution in [2.45, 2.75) is 13.5 Å². The molecule has 2 aromatic rings. The average molecular weight is 368 g/mol. The molecule has 0 radical (unpaired) electrons. The molecule has 0 unspecified atom stereocenters. The van der Waals surface area contributed by atoms with Crippen molar-refractivity contribution >= 4 is 39.1 Å². The molecule has 2 rings (SSSR count). The Bertz CT molecular complexity index is 673. The van der Waals surface area contributed by atoms with E-state index >= 15 is 0 Å². The first-order chi connectivity index (χ1) is 10.0. The Balaban J connectivity index is 2.17. The molecule has 0 heterocycles. The van der Waals surface area contributed by atoms with Gasteiger partial charge in [0.2, 0.25) is 0 Å². The maximum atomic E-state index is 11.7. The third-order valence-electron chi connectivity index (χ3n) is 3.21. The van der Waals surface area contributed by atoms with Crippen molar-refractivity contribution in [3.63, 3.8) is 0 Å². The molecule has 0 aliphatic rings. The fourth-order valence-electron chi connectivity index (χ4n) is 1.95. The molecule has 2 N–H and O–H groups in total. The first-order valence-electron chi connectivity index (χ1n) is 6.52. The SMILES string of the molecule is CNC(=O)c1ccc(C)c(NCc2ccc(Cl)cc2Br)c1. The van der Waals surface area contributed by atoms with Gasteiger partial charge < -0.3 is 10.6 Å². The summed E-state index contributed by atoms with van der Waals surface area (Å²) in [5.41, 5.74) is 3.77. The first kappa shape index (κ1) is 15.9. The van der Waals surface area contributed by atoms with E-state index in [0.717, 1.165) is 21.3 Å². The van der Waals surface area contributed by atoms with Gasteiger partial charge in [0, 0.05) is 34.3 Å². The quantitative estimate of drug-likeness (QED) is 0.842. The molecule has 0 saturated carbocycles. The number of hydrogen-bond donors (Lipinski definition) is 2. The number of benzene rings is 2. The van der Waals surface area contributed by atoms with Crippen LogP contribution in [0.25, 0.3) is 0 Å². The fraction of sp³-hybridized carbons (Fsp3) is 0.188. The Kier molecular flexibility index (Phi) is 5.26. The molecule has 0 aliphatic carbocycles. The van der Waals surface area contributed by atoms with Crippen molar-refractivity contribution in [1.29, 1.82) is 0 Å². The van der Waals surface area contributed by atoms with E-state index in [1.54, 1.807) is 7.05 Å². The maximum Gasteiger partial charge on any atom is 0.251 e. The van der Waals surface area contributed by atoms with Crippen molar-refractivity contribution in [3.8, 4) is 0 Å². The fourth-order valence-corrected chi connectivity index (χ4v) is 2.78. The van der Waals surface area contributed by atoms with Crippen LogP contribution in [0.15, 0.2) is 40.9 Å². The zero-order valence-electron chi connectivity index (χ0n) is 11.8. The minimum Gasteiger partial charge on any atom is -0.381 e. The Morgan fingerprint density at radius 2 is 2.00 bits per heavy atom. The molecule has 5 heteroatoms. The van der Waals surface area contributed by atoms with Crippen molar-refractivity contribution in [2.24, 2.45) is 0 Å². The molecule has 1 amide bonds. The second-order valence-electron chi connectivity index (χ2n) is 4.70. The number of carbonyl (C=O) groups is 1. The molecular weight excluding hydrogens is 352 g/mol. The highest BCUT2D eigenvalue weighted by atomic mass is 79.9. The second kappa shape index (κ2) is 6.96. The summed E-state index contributed by atoms with van der Waals surface area (Å²) in [7, 11) is 1.63. The van der Waals surface area contributed by atoms with Gasteiger partial charge in [-0.1, -0.05) is 39.7 Å². The Morgan fingerprint density at radius 1 is 1.24 bits per heavy atom. The smallest absolute Gasteiger partial charge is 0.251 e. The lowest BCUT2D eigenvalue weighted by Crippen LogP contribution is -2.18. The molecule has 110 valence electrons. The molecule has 0 saturated heterocycles. The lowest BCUT2D eigenvalue weighted by atomic mass is 10.1. The van der Waals surface area contributed by atoms with Gasteiger partial charge in [0.25, 0.3) is 5.91 Å². The van der Waals surface area contributed by atoms with Gasteiger partial charge in [-0.2, -0.15) is 0 Å². The van der Waals surface area contributed by atoms with E-state index in [1.165, 1.54) is 0 Å². The van der Waals surface area contributed by atoms with Crippen molar-refractivity contribution in [2.75, 3.05) is 12.4 Å². The van der Waals surface area contributed by atoms with Crippen LogP contribution in [0.4, 0.5) is 5.69 Å². The number of rotatable bonds is 4. The van der Waals surface area contributed by atoms with Crippen LogP contribution in [-0.2, 0) is 6.54 Å². The molecule has 0 atom stereocenters. The second-order valence-corrected chi connectivity index (χ2v) is 5.99. The number of nitrogens with one attached hydrogen (secondary N) is 2. The van der Waals surface area contributed by atoms with E-state index in [4.69, 9.17) is 11.6 Å². The van der Waals surface area contributed by atoms with Crippen LogP contribution in [0.1, 0.15) is 21.5 Å². The Hall–Kier alpha value is -1.52. The van der Waals surface area contributed by atoms with Crippen molar-refractivity contribution in [3.05, 3.63) is 62.6 Å². The summed E-state index contributed by atoms with van der Waals surface area (Å²) in [5, 5.41) is 6.68. The summed E-state index contributed by atoms with van der Waals surface area (Å²) in [6.07, 6.45) is 0. The van der Waals surface area contributed by atoms with Crippen LogP contribution in [0.3, 0.4) is 0 Å². The van der Waals surface area contributed by atoms with Gasteiger partial charge in [-0.15, -0.1) is 0 Å². The van der Waals surface area contributed by atoms with E-state index in [1.807, 2.05) is 43.3 Å². The number of aryl methyl sites for hydroxylation is 1. The van der Waals surface area contributed by atoms with Gasteiger partial charge in [0.15, 0.2) is 0 Å². The predicted octanol–water partition coefficient (Wildman–Crippen LogP) is 4.38. The third kappa shape index (κ3) is 3.99. The Labute approximate surface area is 137 Å². The summed E-state index contributed by atoms with van der Waals surface area (Å²) in [6, 6.07) is 11.3. The van der Waals surface area contributed by atoms with Crippen LogP contribution < -0.4 is 10.6 Å². The topological polar surface area (TPSA) is 41.1 Å². The summed E-state index contributed by atoms with van der Waals surface area (Å²) < 4.78 is 0.961. The van der Waals surface area contributed by atoms with Crippen LogP contribution in [0.2, 0.25) is 5.02 Å². The molecule has 21 heavy (non-hydrogen) atoms. The first-order valence-corrected chi connectivity index (χ1v) is 7.69. The molecule has 0 aliphatic heterocycles. The standard InChI is InChI=1S/C16H16BrClN2O/c1-10-3-4-11(16(21)19-2)7-15(10)20-9-12-5-6-13(18)8-14(12)17/h3-8,20H,9H2,1-2H3,(H,19,21). The number of hydrogen-bond acceptors (Lipinski definition) is 2. The highest BCUT2D eigenvalue weighted by molar-refractivity contribution is 9.10. The highest BCUT2D eigenvalue weighted by Crippen LogP contribution is 2.24. The van der Waals surface area contributed by atoms with Gasteiger partial charge in [0.05, 0.1) is 0 Å². The molecule has 2 aromatic carbocycles. The average Bonchev–Trinajstić information content (AvgIpc) is 2.47. The number of carbonyl (C=O) groups excluding carboxylic acids is 1. The summed E-state index contributed by atoms with van der Waals surface area (Å²) in [6.45, 7) is 2.66. The summed E-state index contributed by atoms with van der Waals surface area (Å²) >= 11 is 9.44. The molecule has 0 bridgehead atoms. The summed E-state index contributed by atoms with van der Waals surface area (Å²) in [4.78, 5) is 11.7. The largest absolute Gasteiger partial charge is 0.381 e. The lowest BCUT2D eigenvalue weighted by molar-refractivity contribution is 0.0963. The van der Waals surface area contributed by atoms with E-state index in [0.29, 0.717) is 17.1 Å². The monoisotopic (exact) mass is 366 g/mol. The zero-order chi connectivity index (χ0) is 15.4. The maximum absolute atomic E-state index is 11.7. The molecule has 0 spiro atoms. The molecule has 3 nitrogen and oxygen atoms in total. The van der Waals surface area contributed by atoms with E-state index in [-0.39, 0.29) is 5.91 Å². The van der Waals surface area contributed by atoms with E-state index in [9.17, 15) is 4.79 Å². The normalized spacial score (nSPS) is 10.3. The third-order valence-corrected chi connectivity index (χ3v) is 4.18. The van der Waals surface area contributed by atoms with Gasteiger partial charge in [-0.25, -0.2) is 0 Å². The number of halogens is 2. The van der Waals surface area contributed by atoms with E-state index in [2.05, 4.69) is 26.6 Å². The van der Waals surface area contributed by atoms with Crippen LogP contribution in [-0.4, -0.2) is 13.0 Å².